The van der Waals surface area contributed by atoms with Gasteiger partial charge in [0.1, 0.15) is 0 Å². The minimum absolute atomic E-state index is 0.559. The van der Waals surface area contributed by atoms with E-state index in [4.69, 9.17) is 4.52 Å². The zero-order valence-electron chi connectivity index (χ0n) is 11.8. The maximum Gasteiger partial charge on any atom is 0.229 e. The summed E-state index contributed by atoms with van der Waals surface area (Å²) in [6, 6.07) is 0.687. The molecular weight excluding hydrogens is 258 g/mol. The highest BCUT2D eigenvalue weighted by atomic mass is 32.2. The van der Waals surface area contributed by atoms with Gasteiger partial charge in [0, 0.05) is 17.2 Å². The molecule has 0 spiro atoms. The lowest BCUT2D eigenvalue weighted by molar-refractivity contribution is 0.228. The van der Waals surface area contributed by atoms with Crippen LogP contribution in [0.3, 0.4) is 0 Å². The molecule has 0 N–H and O–H groups in total. The Bertz CT molecular complexity index is 419. The third-order valence-electron chi connectivity index (χ3n) is 4.18. The fourth-order valence-electron chi connectivity index (χ4n) is 2.88. The molecule has 2 atom stereocenters. The van der Waals surface area contributed by atoms with Crippen LogP contribution in [-0.4, -0.2) is 39.1 Å². The molecule has 2 aliphatic rings. The fraction of sp³-hybridized carbons (Fsp3) is 0.857. The Morgan fingerprint density at radius 3 is 2.89 bits per heavy atom. The molecule has 2 saturated carbocycles. The first-order valence-corrected chi connectivity index (χ1v) is 8.45. The number of aromatic nitrogens is 2. The zero-order chi connectivity index (χ0) is 13.2. The van der Waals surface area contributed by atoms with Gasteiger partial charge in [-0.3, -0.25) is 4.90 Å². The Balaban J connectivity index is 1.51. The van der Waals surface area contributed by atoms with E-state index in [1.54, 1.807) is 0 Å². The molecule has 2 unspecified atom stereocenters. The van der Waals surface area contributed by atoms with Crippen molar-refractivity contribution in [3.8, 4) is 0 Å². The summed E-state index contributed by atoms with van der Waals surface area (Å²) in [7, 11) is 2.19. The number of hydrogen-bond donors (Lipinski definition) is 0. The van der Waals surface area contributed by atoms with Crippen LogP contribution in [-0.2, 0) is 6.54 Å². The maximum absolute atomic E-state index is 5.32. The molecule has 0 amide bonds. The molecular formula is C14H23N3OS. The van der Waals surface area contributed by atoms with Crippen molar-refractivity contribution in [3.05, 3.63) is 11.7 Å². The summed E-state index contributed by atoms with van der Waals surface area (Å²) in [6.45, 7) is 3.07. The highest BCUT2D eigenvalue weighted by molar-refractivity contribution is 7.99. The average Bonchev–Trinajstić information content (AvgIpc) is 2.96. The van der Waals surface area contributed by atoms with Crippen molar-refractivity contribution in [2.75, 3.05) is 12.8 Å². The molecule has 1 aromatic heterocycles. The Labute approximate surface area is 119 Å². The van der Waals surface area contributed by atoms with Crippen molar-refractivity contribution < 1.29 is 4.52 Å². The van der Waals surface area contributed by atoms with Gasteiger partial charge in [0.05, 0.1) is 6.54 Å². The van der Waals surface area contributed by atoms with Crippen LogP contribution in [0.2, 0.25) is 0 Å². The summed E-state index contributed by atoms with van der Waals surface area (Å²) in [4.78, 5) is 6.91. The van der Waals surface area contributed by atoms with E-state index in [0.717, 1.165) is 23.5 Å². The molecule has 1 heterocycles. The topological polar surface area (TPSA) is 42.2 Å². The first-order valence-electron chi connectivity index (χ1n) is 7.40. The smallest absolute Gasteiger partial charge is 0.229 e. The molecule has 0 aromatic carbocycles. The van der Waals surface area contributed by atoms with Gasteiger partial charge in [-0.15, -0.1) is 0 Å². The van der Waals surface area contributed by atoms with E-state index in [1.807, 2.05) is 0 Å². The van der Waals surface area contributed by atoms with Gasteiger partial charge in [0.2, 0.25) is 5.89 Å². The number of thioether (sulfide) groups is 1. The summed E-state index contributed by atoms with van der Waals surface area (Å²) >= 11 is 2.11. The average molecular weight is 281 g/mol. The molecule has 0 saturated heterocycles. The van der Waals surface area contributed by atoms with Crippen LogP contribution in [0.5, 0.6) is 0 Å². The Morgan fingerprint density at radius 1 is 1.32 bits per heavy atom. The molecule has 0 radical (unpaired) electrons. The second-order valence-corrected chi connectivity index (χ2v) is 7.36. The molecule has 3 rings (SSSR count). The van der Waals surface area contributed by atoms with E-state index in [0.29, 0.717) is 12.0 Å². The minimum Gasteiger partial charge on any atom is -0.339 e. The Morgan fingerprint density at radius 2 is 2.16 bits per heavy atom. The van der Waals surface area contributed by atoms with Gasteiger partial charge in [0.15, 0.2) is 5.82 Å². The number of hydrogen-bond acceptors (Lipinski definition) is 5. The van der Waals surface area contributed by atoms with Gasteiger partial charge in [-0.2, -0.15) is 16.7 Å². The maximum atomic E-state index is 5.32. The fourth-order valence-corrected chi connectivity index (χ4v) is 4.02. The zero-order valence-corrected chi connectivity index (χ0v) is 12.7. The van der Waals surface area contributed by atoms with Crippen LogP contribution in [0.15, 0.2) is 4.52 Å². The molecule has 19 heavy (non-hydrogen) atoms. The van der Waals surface area contributed by atoms with Crippen LogP contribution >= 0.6 is 11.8 Å². The van der Waals surface area contributed by atoms with Gasteiger partial charge in [-0.05, 0) is 44.9 Å². The van der Waals surface area contributed by atoms with Crippen LogP contribution in [0.25, 0.3) is 0 Å². The molecule has 2 fully saturated rings. The lowest BCUT2D eigenvalue weighted by atomic mass is 10.2. The van der Waals surface area contributed by atoms with Gasteiger partial charge < -0.3 is 4.52 Å². The largest absolute Gasteiger partial charge is 0.339 e. The van der Waals surface area contributed by atoms with E-state index in [9.17, 15) is 0 Å². The van der Waals surface area contributed by atoms with Gasteiger partial charge in [-0.25, -0.2) is 0 Å². The Kier molecular flexibility index (Phi) is 4.12. The van der Waals surface area contributed by atoms with E-state index in [-0.39, 0.29) is 0 Å². The van der Waals surface area contributed by atoms with Crippen LogP contribution in [0.4, 0.5) is 0 Å². The first-order chi connectivity index (χ1) is 9.26. The predicted octanol–water partition coefficient (Wildman–Crippen LogP) is 3.05. The lowest BCUT2D eigenvalue weighted by Crippen LogP contribution is -2.29. The minimum atomic E-state index is 0.559. The SMILES string of the molecule is CCSC1CCC(N(C)Cc2noc(C3CC3)n2)C1. The third kappa shape index (κ3) is 3.31. The van der Waals surface area contributed by atoms with Crippen LogP contribution in [0.1, 0.15) is 56.7 Å². The predicted molar refractivity (Wildman–Crippen MR) is 77.3 cm³/mol. The molecule has 2 aliphatic carbocycles. The molecule has 1 aromatic rings. The van der Waals surface area contributed by atoms with Crippen molar-refractivity contribution in [2.45, 2.75) is 62.8 Å². The van der Waals surface area contributed by atoms with E-state index in [1.165, 1.54) is 37.9 Å². The summed E-state index contributed by atoms with van der Waals surface area (Å²) in [5.41, 5.74) is 0. The summed E-state index contributed by atoms with van der Waals surface area (Å²) in [5.74, 6) is 3.50. The van der Waals surface area contributed by atoms with Crippen molar-refractivity contribution in [1.82, 2.24) is 15.0 Å². The van der Waals surface area contributed by atoms with Gasteiger partial charge >= 0.3 is 0 Å². The van der Waals surface area contributed by atoms with Crippen LogP contribution < -0.4 is 0 Å². The van der Waals surface area contributed by atoms with E-state index < -0.39 is 0 Å². The molecule has 4 nitrogen and oxygen atoms in total. The van der Waals surface area contributed by atoms with E-state index in [2.05, 4.69) is 40.8 Å². The van der Waals surface area contributed by atoms with Crippen LogP contribution in [0, 0.1) is 0 Å². The monoisotopic (exact) mass is 281 g/mol. The number of nitrogens with zero attached hydrogens (tertiary/aromatic N) is 3. The highest BCUT2D eigenvalue weighted by Crippen LogP contribution is 2.39. The molecule has 0 aliphatic heterocycles. The summed E-state index contributed by atoms with van der Waals surface area (Å²) in [6.07, 6.45) is 6.41. The number of rotatable bonds is 6. The van der Waals surface area contributed by atoms with Crippen molar-refractivity contribution >= 4 is 11.8 Å². The summed E-state index contributed by atoms with van der Waals surface area (Å²) in [5, 5.41) is 4.96. The quantitative estimate of drug-likeness (QED) is 0.801. The van der Waals surface area contributed by atoms with Crippen molar-refractivity contribution in [1.29, 1.82) is 0 Å². The first kappa shape index (κ1) is 13.4. The second-order valence-electron chi connectivity index (χ2n) is 5.78. The van der Waals surface area contributed by atoms with Crippen molar-refractivity contribution in [2.24, 2.45) is 0 Å². The van der Waals surface area contributed by atoms with E-state index >= 15 is 0 Å². The Hall–Kier alpha value is -0.550. The normalized spacial score (nSPS) is 27.3. The summed E-state index contributed by atoms with van der Waals surface area (Å²) < 4.78 is 5.32. The lowest BCUT2D eigenvalue weighted by Gasteiger charge is -2.22. The van der Waals surface area contributed by atoms with Gasteiger partial charge in [0.25, 0.3) is 0 Å². The van der Waals surface area contributed by atoms with Crippen molar-refractivity contribution in [3.63, 3.8) is 0 Å². The standard InChI is InChI=1S/C14H23N3OS/c1-3-19-12-7-6-11(8-12)17(2)9-13-15-14(18-16-13)10-4-5-10/h10-12H,3-9H2,1-2H3. The molecule has 5 heteroatoms. The highest BCUT2D eigenvalue weighted by Gasteiger charge is 2.31. The van der Waals surface area contributed by atoms with Gasteiger partial charge in [-0.1, -0.05) is 12.1 Å². The second kappa shape index (κ2) is 5.83. The molecule has 106 valence electrons. The third-order valence-corrected chi connectivity index (χ3v) is 5.42. The molecule has 0 bridgehead atoms.